The molecule has 0 bridgehead atoms. The number of amides is 1. The fraction of sp³-hybridized carbons (Fsp3) is 0.458. The summed E-state index contributed by atoms with van der Waals surface area (Å²) in [6.45, 7) is 5.00. The van der Waals surface area contributed by atoms with Crippen LogP contribution in [0.5, 0.6) is 5.75 Å². The van der Waals surface area contributed by atoms with Gasteiger partial charge < -0.3 is 9.64 Å². The Labute approximate surface area is 185 Å². The molecule has 1 heterocycles. The lowest BCUT2D eigenvalue weighted by Gasteiger charge is -2.21. The summed E-state index contributed by atoms with van der Waals surface area (Å²) in [5.74, 6) is 0.501. The Balaban J connectivity index is 1.62. The van der Waals surface area contributed by atoms with E-state index in [0.29, 0.717) is 38.0 Å². The highest BCUT2D eigenvalue weighted by atomic mass is 19.4. The first-order valence-corrected chi connectivity index (χ1v) is 10.7. The number of hydrogen-bond donors (Lipinski definition) is 0. The Kier molecular flexibility index (Phi) is 7.39. The molecule has 0 spiro atoms. The second-order valence-electron chi connectivity index (χ2n) is 8.06. The Morgan fingerprint density at radius 1 is 1.31 bits per heavy atom. The lowest BCUT2D eigenvalue weighted by Crippen LogP contribution is -2.31. The fourth-order valence-corrected chi connectivity index (χ4v) is 4.39. The number of halogens is 3. The van der Waals surface area contributed by atoms with Crippen molar-refractivity contribution in [1.29, 1.82) is 5.26 Å². The van der Waals surface area contributed by atoms with Crippen molar-refractivity contribution in [2.45, 2.75) is 45.4 Å². The van der Waals surface area contributed by atoms with Crippen LogP contribution < -0.4 is 4.74 Å². The molecule has 3 rings (SSSR count). The molecule has 8 heteroatoms. The van der Waals surface area contributed by atoms with Crippen LogP contribution in [-0.4, -0.2) is 36.2 Å². The van der Waals surface area contributed by atoms with Gasteiger partial charge in [-0.3, -0.25) is 9.79 Å². The molecular weight excluding hydrogens is 419 g/mol. The van der Waals surface area contributed by atoms with Crippen LogP contribution in [0.15, 0.2) is 47.1 Å². The molecule has 1 aromatic rings. The number of alkyl halides is 3. The number of allylic oxidation sites excluding steroid dienone is 3. The lowest BCUT2D eigenvalue weighted by atomic mass is 10.0. The number of fused-ring (bicyclic) bond motifs is 1. The van der Waals surface area contributed by atoms with Gasteiger partial charge >= 0.3 is 6.18 Å². The SMILES string of the molecule is C\C=C/C=N\C(=C\CC)C(=O)N1CC2CC(Oc3ccc(C#N)c(C(F)(F)F)c3)CC2C1. The summed E-state index contributed by atoms with van der Waals surface area (Å²) in [4.78, 5) is 19.0. The minimum Gasteiger partial charge on any atom is -0.490 e. The zero-order valence-electron chi connectivity index (χ0n) is 18.1. The van der Waals surface area contributed by atoms with Gasteiger partial charge in [0.05, 0.1) is 23.3 Å². The third-order valence-electron chi connectivity index (χ3n) is 5.82. The topological polar surface area (TPSA) is 65.7 Å². The highest BCUT2D eigenvalue weighted by molar-refractivity contribution is 5.95. The van der Waals surface area contributed by atoms with E-state index in [9.17, 15) is 18.0 Å². The Morgan fingerprint density at radius 3 is 2.56 bits per heavy atom. The number of aliphatic imine (C=N–C) groups is 1. The van der Waals surface area contributed by atoms with Crippen LogP contribution >= 0.6 is 0 Å². The first kappa shape index (κ1) is 23.6. The number of nitrogens with zero attached hydrogens (tertiary/aromatic N) is 3. The first-order valence-electron chi connectivity index (χ1n) is 10.7. The van der Waals surface area contributed by atoms with E-state index >= 15 is 0 Å². The van der Waals surface area contributed by atoms with Gasteiger partial charge in [0.1, 0.15) is 11.4 Å². The van der Waals surface area contributed by atoms with Crippen molar-refractivity contribution in [1.82, 2.24) is 4.90 Å². The number of nitriles is 1. The van der Waals surface area contributed by atoms with Gasteiger partial charge in [-0.2, -0.15) is 18.4 Å². The summed E-state index contributed by atoms with van der Waals surface area (Å²) in [5, 5.41) is 8.93. The molecule has 2 atom stereocenters. The second-order valence-corrected chi connectivity index (χ2v) is 8.06. The molecule has 1 aliphatic carbocycles. The molecule has 5 nitrogen and oxygen atoms in total. The van der Waals surface area contributed by atoms with Crippen LogP contribution in [-0.2, 0) is 11.0 Å². The monoisotopic (exact) mass is 445 g/mol. The average Bonchev–Trinajstić information content (AvgIpc) is 3.31. The quantitative estimate of drug-likeness (QED) is 0.450. The summed E-state index contributed by atoms with van der Waals surface area (Å²) in [7, 11) is 0. The minimum atomic E-state index is -4.61. The minimum absolute atomic E-state index is 0.0959. The van der Waals surface area contributed by atoms with Crippen molar-refractivity contribution in [3.05, 3.63) is 53.3 Å². The lowest BCUT2D eigenvalue weighted by molar-refractivity contribution is -0.138. The van der Waals surface area contributed by atoms with E-state index in [2.05, 4.69) is 4.99 Å². The molecule has 2 aliphatic rings. The maximum absolute atomic E-state index is 13.2. The average molecular weight is 445 g/mol. The molecular formula is C24H26F3N3O2. The highest BCUT2D eigenvalue weighted by Crippen LogP contribution is 2.41. The van der Waals surface area contributed by atoms with Gasteiger partial charge in [0.15, 0.2) is 0 Å². The molecule has 0 aromatic heterocycles. The zero-order chi connectivity index (χ0) is 23.3. The molecule has 32 heavy (non-hydrogen) atoms. The molecule has 1 saturated heterocycles. The summed E-state index contributed by atoms with van der Waals surface area (Å²) < 4.78 is 45.4. The van der Waals surface area contributed by atoms with E-state index in [-0.39, 0.29) is 29.6 Å². The molecule has 2 fully saturated rings. The molecule has 1 amide bonds. The smallest absolute Gasteiger partial charge is 0.417 e. The summed E-state index contributed by atoms with van der Waals surface area (Å²) >= 11 is 0. The zero-order valence-corrected chi connectivity index (χ0v) is 18.1. The van der Waals surface area contributed by atoms with Gasteiger partial charge in [0.2, 0.25) is 0 Å². The fourth-order valence-electron chi connectivity index (χ4n) is 4.39. The molecule has 0 radical (unpaired) electrons. The van der Waals surface area contributed by atoms with Gasteiger partial charge in [-0.25, -0.2) is 0 Å². The van der Waals surface area contributed by atoms with Crippen LogP contribution in [0.25, 0.3) is 0 Å². The van der Waals surface area contributed by atoms with Gasteiger partial charge in [-0.05, 0) is 62.3 Å². The number of likely N-dealkylation sites (tertiary alicyclic amines) is 1. The standard InChI is InChI=1S/C24H26F3N3O2/c1-3-5-9-29-22(6-4-2)23(31)30-14-17-10-20(11-18(17)15-30)32-19-8-7-16(13-28)21(12-19)24(25,26)27/h3,5-9,12,17-18,20H,4,10-11,14-15H2,1-2H3/b5-3-,22-6+,29-9-. The van der Waals surface area contributed by atoms with Crippen molar-refractivity contribution in [3.63, 3.8) is 0 Å². The summed E-state index contributed by atoms with van der Waals surface area (Å²) in [6.07, 6.45) is 4.24. The van der Waals surface area contributed by atoms with E-state index in [1.807, 2.05) is 30.9 Å². The Morgan fingerprint density at radius 2 is 2.00 bits per heavy atom. The van der Waals surface area contributed by atoms with Crippen LogP contribution in [0.3, 0.4) is 0 Å². The predicted molar refractivity (Wildman–Crippen MR) is 115 cm³/mol. The van der Waals surface area contributed by atoms with E-state index in [4.69, 9.17) is 10.00 Å². The van der Waals surface area contributed by atoms with Crippen LogP contribution in [0.2, 0.25) is 0 Å². The van der Waals surface area contributed by atoms with Crippen LogP contribution in [0.1, 0.15) is 44.2 Å². The van der Waals surface area contributed by atoms with Crippen molar-refractivity contribution in [2.24, 2.45) is 16.8 Å². The van der Waals surface area contributed by atoms with Crippen molar-refractivity contribution in [3.8, 4) is 11.8 Å². The van der Waals surface area contributed by atoms with Crippen LogP contribution in [0, 0.1) is 23.2 Å². The molecule has 1 aliphatic heterocycles. The molecule has 0 N–H and O–H groups in total. The van der Waals surface area contributed by atoms with Gasteiger partial charge in [0.25, 0.3) is 5.91 Å². The number of carbonyl (C=O) groups excluding carboxylic acids is 1. The number of ether oxygens (including phenoxy) is 1. The number of benzene rings is 1. The van der Waals surface area contributed by atoms with Crippen molar-refractivity contribution >= 4 is 12.1 Å². The maximum atomic E-state index is 13.2. The van der Waals surface area contributed by atoms with Crippen molar-refractivity contribution in [2.75, 3.05) is 13.1 Å². The molecule has 2 unspecified atom stereocenters. The number of rotatable bonds is 6. The maximum Gasteiger partial charge on any atom is 0.417 e. The predicted octanol–water partition coefficient (Wildman–Crippen LogP) is 5.13. The highest BCUT2D eigenvalue weighted by Gasteiger charge is 2.44. The number of hydrogen-bond acceptors (Lipinski definition) is 4. The Bertz CT molecular complexity index is 962. The van der Waals surface area contributed by atoms with Crippen molar-refractivity contribution < 1.29 is 22.7 Å². The normalized spacial score (nSPS) is 23.7. The molecule has 170 valence electrons. The number of carbonyl (C=O) groups is 1. The van der Waals surface area contributed by atoms with E-state index in [0.717, 1.165) is 12.1 Å². The molecule has 1 saturated carbocycles. The van der Waals surface area contributed by atoms with Crippen LogP contribution in [0.4, 0.5) is 13.2 Å². The molecule has 1 aromatic carbocycles. The van der Waals surface area contributed by atoms with E-state index in [1.54, 1.807) is 18.4 Å². The van der Waals surface area contributed by atoms with Gasteiger partial charge in [-0.15, -0.1) is 0 Å². The largest absolute Gasteiger partial charge is 0.490 e. The van der Waals surface area contributed by atoms with Gasteiger partial charge in [-0.1, -0.05) is 19.1 Å². The Hall–Kier alpha value is -3.08. The summed E-state index contributed by atoms with van der Waals surface area (Å²) in [5.41, 5.74) is -0.980. The summed E-state index contributed by atoms with van der Waals surface area (Å²) in [6, 6.07) is 5.02. The third-order valence-corrected chi connectivity index (χ3v) is 5.82. The van der Waals surface area contributed by atoms with Gasteiger partial charge in [0, 0.05) is 19.3 Å². The van der Waals surface area contributed by atoms with E-state index in [1.165, 1.54) is 6.07 Å². The van der Waals surface area contributed by atoms with E-state index < -0.39 is 17.3 Å². The second kappa shape index (κ2) is 10.0. The first-order chi connectivity index (χ1) is 15.3. The third kappa shape index (κ3) is 5.39.